The Bertz CT molecular complexity index is 758. The molecule has 21 heavy (non-hydrogen) atoms. The van der Waals surface area contributed by atoms with Crippen LogP contribution in [0.15, 0.2) is 39.7 Å². The largest absolute Gasteiger partial charge is 0.399 e. The molecule has 0 spiro atoms. The first-order valence-corrected chi connectivity index (χ1v) is 7.25. The van der Waals surface area contributed by atoms with Crippen molar-refractivity contribution in [1.29, 1.82) is 0 Å². The quantitative estimate of drug-likeness (QED) is 0.816. The number of nitrogens with zero attached hydrogens (tertiary/aromatic N) is 1. The molecule has 0 aliphatic rings. The Kier molecular flexibility index (Phi) is 4.69. The molecule has 0 radical (unpaired) electrons. The van der Waals surface area contributed by atoms with Crippen molar-refractivity contribution >= 4 is 44.8 Å². The molecule has 0 saturated carbocycles. The van der Waals surface area contributed by atoms with Gasteiger partial charge in [-0.05, 0) is 47.1 Å². The number of nitrogens with one attached hydrogen (secondary N) is 1. The fraction of sp³-hybridized carbons (Fsp3) is 0.143. The van der Waals surface area contributed by atoms with Gasteiger partial charge in [0.1, 0.15) is 6.54 Å². The molecule has 0 fully saturated rings. The van der Waals surface area contributed by atoms with Crippen molar-refractivity contribution in [3.8, 4) is 0 Å². The molecule has 5 nitrogen and oxygen atoms in total. The molecule has 1 aromatic carbocycles. The van der Waals surface area contributed by atoms with Crippen LogP contribution in [0.1, 0.15) is 5.56 Å². The molecule has 110 valence electrons. The summed E-state index contributed by atoms with van der Waals surface area (Å²) in [5.74, 6) is -0.346. The van der Waals surface area contributed by atoms with Crippen molar-refractivity contribution in [3.63, 3.8) is 0 Å². The molecule has 1 heterocycles. The summed E-state index contributed by atoms with van der Waals surface area (Å²) in [7, 11) is 0. The molecular weight excluding hydrogens is 358 g/mol. The van der Waals surface area contributed by atoms with Gasteiger partial charge in [0.15, 0.2) is 0 Å². The van der Waals surface area contributed by atoms with Gasteiger partial charge in [0, 0.05) is 21.9 Å². The molecule has 0 unspecified atom stereocenters. The van der Waals surface area contributed by atoms with Crippen LogP contribution in [0, 0.1) is 6.92 Å². The second kappa shape index (κ2) is 6.32. The lowest BCUT2D eigenvalue weighted by atomic mass is 10.3. The SMILES string of the molecule is Cc1cc(Br)cn(CC(=O)Nc2ccc(N)cc2Cl)c1=O. The maximum absolute atomic E-state index is 12.0. The van der Waals surface area contributed by atoms with E-state index in [0.29, 0.717) is 22.0 Å². The number of anilines is 2. The van der Waals surface area contributed by atoms with Crippen molar-refractivity contribution in [2.24, 2.45) is 0 Å². The molecule has 0 aliphatic heterocycles. The third-order valence-corrected chi connectivity index (χ3v) is 3.56. The van der Waals surface area contributed by atoms with Gasteiger partial charge < -0.3 is 15.6 Å². The van der Waals surface area contributed by atoms with Crippen LogP contribution in [-0.2, 0) is 11.3 Å². The molecule has 1 aromatic heterocycles. The molecule has 0 atom stereocenters. The van der Waals surface area contributed by atoms with E-state index in [-0.39, 0.29) is 18.0 Å². The second-order valence-corrected chi connectivity index (χ2v) is 5.88. The van der Waals surface area contributed by atoms with Crippen molar-refractivity contribution in [3.05, 3.63) is 55.9 Å². The number of rotatable bonds is 3. The zero-order valence-corrected chi connectivity index (χ0v) is 13.5. The number of benzene rings is 1. The van der Waals surface area contributed by atoms with Gasteiger partial charge in [-0.1, -0.05) is 11.6 Å². The Labute approximate surface area is 134 Å². The topological polar surface area (TPSA) is 77.1 Å². The highest BCUT2D eigenvalue weighted by atomic mass is 79.9. The van der Waals surface area contributed by atoms with Crippen LogP contribution in [0.5, 0.6) is 0 Å². The summed E-state index contributed by atoms with van der Waals surface area (Å²) < 4.78 is 2.07. The van der Waals surface area contributed by atoms with Crippen LogP contribution in [0.4, 0.5) is 11.4 Å². The van der Waals surface area contributed by atoms with Gasteiger partial charge in [-0.2, -0.15) is 0 Å². The maximum Gasteiger partial charge on any atom is 0.253 e. The molecule has 0 bridgehead atoms. The third-order valence-electron chi connectivity index (χ3n) is 2.81. The van der Waals surface area contributed by atoms with Gasteiger partial charge in [0.25, 0.3) is 5.56 Å². The molecule has 2 aromatic rings. The summed E-state index contributed by atoms with van der Waals surface area (Å²) in [5.41, 5.74) is 6.90. The average molecular weight is 371 g/mol. The van der Waals surface area contributed by atoms with E-state index in [1.54, 1.807) is 37.4 Å². The molecule has 3 N–H and O–H groups in total. The number of aromatic nitrogens is 1. The van der Waals surface area contributed by atoms with Gasteiger partial charge in [-0.3, -0.25) is 9.59 Å². The predicted molar refractivity (Wildman–Crippen MR) is 87.6 cm³/mol. The van der Waals surface area contributed by atoms with Crippen LogP contribution >= 0.6 is 27.5 Å². The summed E-state index contributed by atoms with van der Waals surface area (Å²) in [5, 5.41) is 3.00. The first kappa shape index (κ1) is 15.6. The highest BCUT2D eigenvalue weighted by Crippen LogP contribution is 2.23. The first-order valence-electron chi connectivity index (χ1n) is 6.08. The van der Waals surface area contributed by atoms with Crippen LogP contribution in [-0.4, -0.2) is 10.5 Å². The molecule has 2 rings (SSSR count). The lowest BCUT2D eigenvalue weighted by molar-refractivity contribution is -0.116. The zero-order chi connectivity index (χ0) is 15.6. The van der Waals surface area contributed by atoms with E-state index in [4.69, 9.17) is 17.3 Å². The van der Waals surface area contributed by atoms with E-state index in [2.05, 4.69) is 21.2 Å². The number of aryl methyl sites for hydroxylation is 1. The smallest absolute Gasteiger partial charge is 0.253 e. The molecular formula is C14H13BrClN3O2. The average Bonchev–Trinajstić information content (AvgIpc) is 2.38. The van der Waals surface area contributed by atoms with E-state index in [0.717, 1.165) is 4.47 Å². The molecule has 0 saturated heterocycles. The van der Waals surface area contributed by atoms with Crippen LogP contribution in [0.25, 0.3) is 0 Å². The van der Waals surface area contributed by atoms with E-state index in [1.165, 1.54) is 4.57 Å². The summed E-state index contributed by atoms with van der Waals surface area (Å²) >= 11 is 9.28. The van der Waals surface area contributed by atoms with Crippen LogP contribution < -0.4 is 16.6 Å². The number of pyridine rings is 1. The number of nitrogen functional groups attached to an aromatic ring is 1. The zero-order valence-electron chi connectivity index (χ0n) is 11.2. The number of halogens is 2. The Morgan fingerprint density at radius 3 is 2.81 bits per heavy atom. The first-order chi connectivity index (χ1) is 9.86. The standard InChI is InChI=1S/C14H13BrClN3O2/c1-8-4-9(15)6-19(14(8)21)7-13(20)18-12-3-2-10(17)5-11(12)16/h2-6H,7,17H2,1H3,(H,18,20). The second-order valence-electron chi connectivity index (χ2n) is 4.56. The fourth-order valence-electron chi connectivity index (χ4n) is 1.83. The van der Waals surface area contributed by atoms with Gasteiger partial charge >= 0.3 is 0 Å². The van der Waals surface area contributed by atoms with E-state index < -0.39 is 0 Å². The van der Waals surface area contributed by atoms with Crippen LogP contribution in [0.3, 0.4) is 0 Å². The third kappa shape index (κ3) is 3.86. The minimum absolute atomic E-state index is 0.0974. The summed E-state index contributed by atoms with van der Waals surface area (Å²) in [6.45, 7) is 1.60. The summed E-state index contributed by atoms with van der Waals surface area (Å²) in [6, 6.07) is 6.50. The molecule has 1 amide bonds. The minimum atomic E-state index is -0.346. The van der Waals surface area contributed by atoms with Gasteiger partial charge in [0.2, 0.25) is 5.91 Å². The Balaban J connectivity index is 2.17. The number of carbonyl (C=O) groups excluding carboxylic acids is 1. The molecule has 7 heteroatoms. The number of hydrogen-bond acceptors (Lipinski definition) is 3. The number of hydrogen-bond donors (Lipinski definition) is 2. The van der Waals surface area contributed by atoms with Gasteiger partial charge in [-0.15, -0.1) is 0 Å². The molecule has 0 aliphatic carbocycles. The van der Waals surface area contributed by atoms with E-state index in [9.17, 15) is 9.59 Å². The number of amides is 1. The maximum atomic E-state index is 12.0. The Morgan fingerprint density at radius 2 is 2.14 bits per heavy atom. The van der Waals surface area contributed by atoms with Crippen molar-refractivity contribution in [2.75, 3.05) is 11.1 Å². The van der Waals surface area contributed by atoms with Crippen molar-refractivity contribution < 1.29 is 4.79 Å². The predicted octanol–water partition coefficient (Wildman–Crippen LogP) is 2.79. The monoisotopic (exact) mass is 369 g/mol. The highest BCUT2D eigenvalue weighted by molar-refractivity contribution is 9.10. The summed E-state index contributed by atoms with van der Waals surface area (Å²) in [6.07, 6.45) is 1.57. The van der Waals surface area contributed by atoms with E-state index >= 15 is 0 Å². The van der Waals surface area contributed by atoms with Crippen molar-refractivity contribution in [1.82, 2.24) is 4.57 Å². The van der Waals surface area contributed by atoms with Crippen molar-refractivity contribution in [2.45, 2.75) is 13.5 Å². The fourth-order valence-corrected chi connectivity index (χ4v) is 2.66. The van der Waals surface area contributed by atoms with Gasteiger partial charge in [0.05, 0.1) is 10.7 Å². The Hall–Kier alpha value is -1.79. The normalized spacial score (nSPS) is 10.4. The lowest BCUT2D eigenvalue weighted by Crippen LogP contribution is -2.28. The highest BCUT2D eigenvalue weighted by Gasteiger charge is 2.09. The minimum Gasteiger partial charge on any atom is -0.399 e. The van der Waals surface area contributed by atoms with Gasteiger partial charge in [-0.25, -0.2) is 0 Å². The summed E-state index contributed by atoms with van der Waals surface area (Å²) in [4.78, 5) is 24.0. The Morgan fingerprint density at radius 1 is 1.43 bits per heavy atom. The van der Waals surface area contributed by atoms with E-state index in [1.807, 2.05) is 0 Å². The number of nitrogens with two attached hydrogens (primary N) is 1. The lowest BCUT2D eigenvalue weighted by Gasteiger charge is -2.10. The van der Waals surface area contributed by atoms with Crippen LogP contribution in [0.2, 0.25) is 5.02 Å². The number of carbonyl (C=O) groups is 1.